The molecule has 0 N–H and O–H groups in total. The first-order valence-corrected chi connectivity index (χ1v) is 10.8. The molecule has 1 aliphatic rings. The average Bonchev–Trinajstić information content (AvgIpc) is 3.22. The number of para-hydroxylation sites is 1. The smallest absolute Gasteiger partial charge is 0.270 e. The minimum Gasteiger partial charge on any atom is -0.270 e. The van der Waals surface area contributed by atoms with Crippen molar-refractivity contribution in [3.8, 4) is 0 Å². The Labute approximate surface area is 165 Å². The number of imide groups is 1. The van der Waals surface area contributed by atoms with E-state index in [0.29, 0.717) is 11.0 Å². The van der Waals surface area contributed by atoms with Gasteiger partial charge in [0.1, 0.15) is 21.4 Å². The van der Waals surface area contributed by atoms with E-state index < -0.39 is 33.6 Å². The zero-order valence-electron chi connectivity index (χ0n) is 15.3. The van der Waals surface area contributed by atoms with Crippen molar-refractivity contribution >= 4 is 38.6 Å². The predicted molar refractivity (Wildman–Crippen MR) is 103 cm³/mol. The maximum absolute atomic E-state index is 13.3. The van der Waals surface area contributed by atoms with E-state index in [0.717, 1.165) is 15.8 Å². The molecule has 10 heteroatoms. The van der Waals surface area contributed by atoms with E-state index in [9.17, 15) is 22.8 Å². The Bertz CT molecular complexity index is 1230. The summed E-state index contributed by atoms with van der Waals surface area (Å²) in [6.07, 6.45) is 0.791. The standard InChI is InChI=1S/C19H16N4O5S/c1-29(27,28)11-10-16(19(26)23-15-9-5-4-8-14(15)20-21-23)22-17(24)12-6-2-3-7-13(12)18(22)25/h2-9,16H,10-11H2,1H3/t16-/m0/s1. The summed E-state index contributed by atoms with van der Waals surface area (Å²) in [5.41, 5.74) is 1.22. The molecule has 0 aliphatic carbocycles. The van der Waals surface area contributed by atoms with Crippen LogP contribution >= 0.6 is 0 Å². The maximum atomic E-state index is 13.3. The summed E-state index contributed by atoms with van der Waals surface area (Å²) in [6.45, 7) is 0. The molecular formula is C19H16N4O5S. The van der Waals surface area contributed by atoms with E-state index in [4.69, 9.17) is 0 Å². The van der Waals surface area contributed by atoms with Crippen molar-refractivity contribution in [3.63, 3.8) is 0 Å². The minimum atomic E-state index is -3.44. The third-order valence-corrected chi connectivity index (χ3v) is 5.72. The number of hydrogen-bond acceptors (Lipinski definition) is 7. The van der Waals surface area contributed by atoms with Crippen LogP contribution < -0.4 is 0 Å². The molecule has 3 aromatic rings. The van der Waals surface area contributed by atoms with Crippen molar-refractivity contribution in [1.29, 1.82) is 0 Å². The van der Waals surface area contributed by atoms with Gasteiger partial charge in [0.25, 0.3) is 17.7 Å². The Kier molecular flexibility index (Phi) is 4.50. The molecule has 0 spiro atoms. The van der Waals surface area contributed by atoms with Gasteiger partial charge in [-0.25, -0.2) is 8.42 Å². The predicted octanol–water partition coefficient (Wildman–Crippen LogP) is 1.17. The fraction of sp³-hybridized carbons (Fsp3) is 0.211. The van der Waals surface area contributed by atoms with Crippen molar-refractivity contribution in [3.05, 3.63) is 59.7 Å². The van der Waals surface area contributed by atoms with Crippen LogP contribution in [-0.4, -0.2) is 64.1 Å². The van der Waals surface area contributed by atoms with Crippen LogP contribution in [0.1, 0.15) is 31.9 Å². The summed E-state index contributed by atoms with van der Waals surface area (Å²) in [5.74, 6) is -2.34. The van der Waals surface area contributed by atoms with Crippen LogP contribution in [-0.2, 0) is 9.84 Å². The monoisotopic (exact) mass is 412 g/mol. The highest BCUT2D eigenvalue weighted by molar-refractivity contribution is 7.90. The average molecular weight is 412 g/mol. The van der Waals surface area contributed by atoms with Crippen LogP contribution in [0.4, 0.5) is 0 Å². The molecule has 2 amide bonds. The lowest BCUT2D eigenvalue weighted by Crippen LogP contribution is -2.47. The molecule has 0 radical (unpaired) electrons. The molecule has 0 fully saturated rings. The number of aromatic nitrogens is 3. The Morgan fingerprint density at radius 2 is 1.59 bits per heavy atom. The van der Waals surface area contributed by atoms with Gasteiger partial charge in [-0.15, -0.1) is 5.10 Å². The fourth-order valence-electron chi connectivity index (χ4n) is 3.35. The molecule has 0 bridgehead atoms. The Hall–Kier alpha value is -3.40. The van der Waals surface area contributed by atoms with Crippen molar-refractivity contribution in [2.24, 2.45) is 0 Å². The summed E-state index contributed by atoms with van der Waals surface area (Å²) < 4.78 is 24.4. The van der Waals surface area contributed by atoms with Gasteiger partial charge >= 0.3 is 0 Å². The fourth-order valence-corrected chi connectivity index (χ4v) is 4.00. The van der Waals surface area contributed by atoms with E-state index in [1.807, 2.05) is 0 Å². The Morgan fingerprint density at radius 3 is 2.21 bits per heavy atom. The highest BCUT2D eigenvalue weighted by Crippen LogP contribution is 2.27. The van der Waals surface area contributed by atoms with Gasteiger partial charge in [-0.2, -0.15) is 4.68 Å². The Balaban J connectivity index is 1.77. The van der Waals surface area contributed by atoms with Crippen LogP contribution in [0.15, 0.2) is 48.5 Å². The number of carbonyl (C=O) groups is 3. The zero-order chi connectivity index (χ0) is 20.8. The quantitative estimate of drug-likeness (QED) is 0.577. The van der Waals surface area contributed by atoms with E-state index in [1.54, 1.807) is 36.4 Å². The van der Waals surface area contributed by atoms with Crippen LogP contribution in [0.5, 0.6) is 0 Å². The molecule has 9 nitrogen and oxygen atoms in total. The molecular weight excluding hydrogens is 396 g/mol. The van der Waals surface area contributed by atoms with E-state index in [1.165, 1.54) is 12.1 Å². The highest BCUT2D eigenvalue weighted by atomic mass is 32.2. The molecule has 2 heterocycles. The van der Waals surface area contributed by atoms with Gasteiger partial charge in [0, 0.05) is 6.26 Å². The number of hydrogen-bond donors (Lipinski definition) is 0. The first-order chi connectivity index (χ1) is 13.8. The molecule has 2 aromatic carbocycles. The third-order valence-electron chi connectivity index (χ3n) is 4.74. The number of rotatable bonds is 5. The van der Waals surface area contributed by atoms with Crippen LogP contribution in [0.3, 0.4) is 0 Å². The summed E-state index contributed by atoms with van der Waals surface area (Å²) in [7, 11) is -3.44. The first kappa shape index (κ1) is 18.9. The second-order valence-corrected chi connectivity index (χ2v) is 9.05. The second-order valence-electron chi connectivity index (χ2n) is 6.79. The zero-order valence-corrected chi connectivity index (χ0v) is 16.2. The maximum Gasteiger partial charge on any atom is 0.272 e. The SMILES string of the molecule is CS(=O)(=O)CC[C@@H](C(=O)n1nnc2ccccc21)N1C(=O)c2ccccc2C1=O. The number of sulfone groups is 1. The van der Waals surface area contributed by atoms with Gasteiger partial charge in [-0.1, -0.05) is 29.5 Å². The van der Waals surface area contributed by atoms with Gasteiger partial charge in [0.2, 0.25) is 0 Å². The van der Waals surface area contributed by atoms with Crippen LogP contribution in [0.25, 0.3) is 11.0 Å². The topological polar surface area (TPSA) is 119 Å². The van der Waals surface area contributed by atoms with Crippen LogP contribution in [0, 0.1) is 0 Å². The summed E-state index contributed by atoms with van der Waals surface area (Å²) in [4.78, 5) is 39.9. The molecule has 29 heavy (non-hydrogen) atoms. The molecule has 0 saturated carbocycles. The lowest BCUT2D eigenvalue weighted by Gasteiger charge is -2.24. The number of nitrogens with zero attached hydrogens (tertiary/aromatic N) is 4. The summed E-state index contributed by atoms with van der Waals surface area (Å²) in [6, 6.07) is 11.6. The summed E-state index contributed by atoms with van der Waals surface area (Å²) in [5, 5.41) is 7.77. The number of carbonyl (C=O) groups excluding carboxylic acids is 3. The van der Waals surface area contributed by atoms with Crippen molar-refractivity contribution in [1.82, 2.24) is 19.9 Å². The number of amides is 2. The number of benzene rings is 2. The second kappa shape index (κ2) is 6.89. The van der Waals surface area contributed by atoms with Gasteiger partial charge < -0.3 is 0 Å². The normalized spacial score (nSPS) is 15.0. The largest absolute Gasteiger partial charge is 0.272 e. The molecule has 1 atom stereocenters. The van der Waals surface area contributed by atoms with E-state index in [2.05, 4.69) is 10.3 Å². The number of fused-ring (bicyclic) bond motifs is 2. The minimum absolute atomic E-state index is 0.179. The first-order valence-electron chi connectivity index (χ1n) is 8.77. The van der Waals surface area contributed by atoms with E-state index in [-0.39, 0.29) is 23.3 Å². The lowest BCUT2D eigenvalue weighted by molar-refractivity contribution is 0.0504. The van der Waals surface area contributed by atoms with Crippen molar-refractivity contribution in [2.45, 2.75) is 12.5 Å². The van der Waals surface area contributed by atoms with Crippen LogP contribution in [0.2, 0.25) is 0 Å². The van der Waals surface area contributed by atoms with E-state index >= 15 is 0 Å². The third kappa shape index (κ3) is 3.31. The molecule has 148 valence electrons. The van der Waals surface area contributed by atoms with Gasteiger partial charge in [0.05, 0.1) is 22.4 Å². The van der Waals surface area contributed by atoms with Crippen molar-refractivity contribution < 1.29 is 22.8 Å². The molecule has 0 saturated heterocycles. The highest BCUT2D eigenvalue weighted by Gasteiger charge is 2.43. The van der Waals surface area contributed by atoms with Crippen molar-refractivity contribution in [2.75, 3.05) is 12.0 Å². The van der Waals surface area contributed by atoms with Gasteiger partial charge in [-0.05, 0) is 30.7 Å². The molecule has 4 rings (SSSR count). The van der Waals surface area contributed by atoms with Gasteiger partial charge in [-0.3, -0.25) is 19.3 Å². The van der Waals surface area contributed by atoms with Gasteiger partial charge in [0.15, 0.2) is 0 Å². The molecule has 1 aliphatic heterocycles. The lowest BCUT2D eigenvalue weighted by atomic mass is 10.1. The summed E-state index contributed by atoms with van der Waals surface area (Å²) >= 11 is 0. The Morgan fingerprint density at radius 1 is 1.00 bits per heavy atom. The molecule has 1 aromatic heterocycles. The molecule has 0 unspecified atom stereocenters.